The van der Waals surface area contributed by atoms with Gasteiger partial charge in [0.15, 0.2) is 5.69 Å². The van der Waals surface area contributed by atoms with Crippen molar-refractivity contribution < 1.29 is 18.7 Å². The van der Waals surface area contributed by atoms with Crippen LogP contribution in [0.5, 0.6) is 5.75 Å². The summed E-state index contributed by atoms with van der Waals surface area (Å²) in [5.74, 6) is -0.752. The van der Waals surface area contributed by atoms with Crippen LogP contribution in [0.2, 0.25) is 0 Å². The highest BCUT2D eigenvalue weighted by molar-refractivity contribution is 7.03. The molecular weight excluding hydrogens is 419 g/mol. The molecule has 0 aliphatic carbocycles. The van der Waals surface area contributed by atoms with Gasteiger partial charge in [0.1, 0.15) is 17.6 Å². The van der Waals surface area contributed by atoms with Crippen LogP contribution in [-0.2, 0) is 4.79 Å². The molecule has 1 heterocycles. The summed E-state index contributed by atoms with van der Waals surface area (Å²) in [7, 11) is 1.54. The number of methoxy groups -OCH3 is 1. The number of carbonyl (C=O) groups excluding carboxylic acids is 2. The minimum atomic E-state index is -1.04. The van der Waals surface area contributed by atoms with Crippen molar-refractivity contribution in [3.8, 4) is 5.75 Å². The smallest absolute Gasteiger partial charge is 0.280 e. The summed E-state index contributed by atoms with van der Waals surface area (Å²) in [5, 5.41) is 8.31. The lowest BCUT2D eigenvalue weighted by molar-refractivity contribution is -0.123. The van der Waals surface area contributed by atoms with Crippen molar-refractivity contribution in [1.82, 2.24) is 14.9 Å². The molecule has 31 heavy (non-hydrogen) atoms. The zero-order valence-corrected chi connectivity index (χ0v) is 18.4. The number of halogens is 1. The Labute approximate surface area is 184 Å². The van der Waals surface area contributed by atoms with Gasteiger partial charge in [-0.2, -0.15) is 0 Å². The molecule has 3 rings (SSSR count). The number of anilines is 1. The van der Waals surface area contributed by atoms with E-state index in [9.17, 15) is 14.0 Å². The van der Waals surface area contributed by atoms with Crippen LogP contribution in [0.25, 0.3) is 0 Å². The van der Waals surface area contributed by atoms with Gasteiger partial charge in [0.25, 0.3) is 5.91 Å². The second kappa shape index (κ2) is 9.22. The highest BCUT2D eigenvalue weighted by atomic mass is 32.1. The van der Waals surface area contributed by atoms with Crippen molar-refractivity contribution in [2.75, 3.05) is 12.0 Å². The minimum absolute atomic E-state index is 0.0939. The molecule has 0 aliphatic rings. The third-order valence-electron chi connectivity index (χ3n) is 4.34. The maximum absolute atomic E-state index is 13.6. The molecule has 2 aromatic carbocycles. The maximum atomic E-state index is 13.6. The van der Waals surface area contributed by atoms with E-state index in [1.165, 1.54) is 34.5 Å². The third-order valence-corrected chi connectivity index (χ3v) is 4.84. The number of hydrogen-bond donors (Lipinski definition) is 1. The van der Waals surface area contributed by atoms with Crippen LogP contribution in [0.15, 0.2) is 53.9 Å². The molecule has 1 atom stereocenters. The Bertz CT molecular complexity index is 1030. The van der Waals surface area contributed by atoms with Gasteiger partial charge in [0.2, 0.25) is 5.91 Å². The van der Waals surface area contributed by atoms with Crippen LogP contribution in [0, 0.1) is 5.82 Å². The molecular formula is C22H23FN4O3S. The van der Waals surface area contributed by atoms with E-state index in [-0.39, 0.29) is 5.69 Å². The van der Waals surface area contributed by atoms with Crippen LogP contribution < -0.4 is 15.0 Å². The lowest BCUT2D eigenvalue weighted by Gasteiger charge is -2.33. The minimum Gasteiger partial charge on any atom is -0.497 e. The average Bonchev–Trinajstić information content (AvgIpc) is 3.26. The van der Waals surface area contributed by atoms with Gasteiger partial charge in [-0.3, -0.25) is 14.5 Å². The standard InChI is InChI=1S/C22H23FN4O3S/c1-22(2,3)24-20(28)19(14-5-11-17(30-4)12-6-14)27(16-9-7-15(23)8-10-16)21(29)18-13-31-26-25-18/h5-13,19H,1-4H3,(H,24,28)/t19-/m0/s1. The second-order valence-corrected chi connectivity index (χ2v) is 8.47. The quantitative estimate of drug-likeness (QED) is 0.624. The third kappa shape index (κ3) is 5.43. The predicted octanol–water partition coefficient (Wildman–Crippen LogP) is 3.99. The Morgan fingerprint density at radius 2 is 1.74 bits per heavy atom. The maximum Gasteiger partial charge on any atom is 0.280 e. The first-order valence-corrected chi connectivity index (χ1v) is 10.4. The van der Waals surface area contributed by atoms with Crippen molar-refractivity contribution >= 4 is 29.0 Å². The number of benzene rings is 2. The van der Waals surface area contributed by atoms with Crippen LogP contribution in [0.1, 0.15) is 42.9 Å². The summed E-state index contributed by atoms with van der Waals surface area (Å²) in [5.41, 5.74) is 0.464. The Kier molecular flexibility index (Phi) is 6.65. The lowest BCUT2D eigenvalue weighted by Crippen LogP contribution is -2.49. The molecule has 0 fully saturated rings. The Hall–Kier alpha value is -3.33. The molecule has 3 aromatic rings. The number of ether oxygens (including phenoxy) is 1. The van der Waals surface area contributed by atoms with E-state index in [4.69, 9.17) is 4.74 Å². The van der Waals surface area contributed by atoms with E-state index < -0.39 is 29.2 Å². The zero-order chi connectivity index (χ0) is 22.6. The molecule has 0 aliphatic heterocycles. The van der Waals surface area contributed by atoms with Crippen LogP contribution in [0.4, 0.5) is 10.1 Å². The number of carbonyl (C=O) groups is 2. The largest absolute Gasteiger partial charge is 0.497 e. The summed E-state index contributed by atoms with van der Waals surface area (Å²) in [6.45, 7) is 5.55. The number of amides is 2. The van der Waals surface area contributed by atoms with Crippen molar-refractivity contribution in [3.05, 3.63) is 71.0 Å². The zero-order valence-electron chi connectivity index (χ0n) is 17.6. The second-order valence-electron chi connectivity index (χ2n) is 7.86. The van der Waals surface area contributed by atoms with E-state index in [0.29, 0.717) is 17.0 Å². The number of nitrogens with one attached hydrogen (secondary N) is 1. The SMILES string of the molecule is COc1ccc([C@@H](C(=O)NC(C)(C)C)N(C(=O)c2csnn2)c2ccc(F)cc2)cc1. The fraction of sp³-hybridized carbons (Fsp3) is 0.273. The number of nitrogens with zero attached hydrogens (tertiary/aromatic N) is 3. The fourth-order valence-electron chi connectivity index (χ4n) is 3.01. The molecule has 0 unspecified atom stereocenters. The van der Waals surface area contributed by atoms with Gasteiger partial charge in [-0.05, 0) is 74.3 Å². The summed E-state index contributed by atoms with van der Waals surface area (Å²) >= 11 is 1.03. The molecule has 0 bridgehead atoms. The Morgan fingerprint density at radius 3 is 2.26 bits per heavy atom. The van der Waals surface area contributed by atoms with Crippen molar-refractivity contribution in [1.29, 1.82) is 0 Å². The highest BCUT2D eigenvalue weighted by Gasteiger charge is 2.35. The number of rotatable bonds is 6. The van der Waals surface area contributed by atoms with Gasteiger partial charge in [-0.25, -0.2) is 4.39 Å². The highest BCUT2D eigenvalue weighted by Crippen LogP contribution is 2.31. The van der Waals surface area contributed by atoms with E-state index in [1.54, 1.807) is 31.4 Å². The van der Waals surface area contributed by atoms with E-state index in [2.05, 4.69) is 14.9 Å². The predicted molar refractivity (Wildman–Crippen MR) is 117 cm³/mol. The Balaban J connectivity index is 2.16. The monoisotopic (exact) mass is 442 g/mol. The first-order valence-electron chi connectivity index (χ1n) is 9.52. The number of aromatic nitrogens is 2. The van der Waals surface area contributed by atoms with Crippen LogP contribution in [-0.4, -0.2) is 34.1 Å². The average molecular weight is 443 g/mol. The van der Waals surface area contributed by atoms with Crippen molar-refractivity contribution in [3.63, 3.8) is 0 Å². The first kappa shape index (κ1) is 22.4. The van der Waals surface area contributed by atoms with Gasteiger partial charge in [0.05, 0.1) is 7.11 Å². The molecule has 0 saturated carbocycles. The molecule has 0 saturated heterocycles. The molecule has 2 amide bonds. The summed E-state index contributed by atoms with van der Waals surface area (Å²) in [6, 6.07) is 11.2. The van der Waals surface area contributed by atoms with Crippen molar-refractivity contribution in [2.45, 2.75) is 32.4 Å². The summed E-state index contributed by atoms with van der Waals surface area (Å²) in [6.07, 6.45) is 0. The normalized spacial score (nSPS) is 12.2. The van der Waals surface area contributed by atoms with Crippen molar-refractivity contribution in [2.24, 2.45) is 0 Å². The van der Waals surface area contributed by atoms with Gasteiger partial charge < -0.3 is 10.1 Å². The Morgan fingerprint density at radius 1 is 1.10 bits per heavy atom. The summed E-state index contributed by atoms with van der Waals surface area (Å²) in [4.78, 5) is 28.2. The van der Waals surface area contributed by atoms with Gasteiger partial charge in [-0.15, -0.1) is 5.10 Å². The van der Waals surface area contributed by atoms with Crippen LogP contribution >= 0.6 is 11.5 Å². The molecule has 7 nitrogen and oxygen atoms in total. The molecule has 9 heteroatoms. The first-order chi connectivity index (χ1) is 14.7. The van der Waals surface area contributed by atoms with Gasteiger partial charge >= 0.3 is 0 Å². The van der Waals surface area contributed by atoms with E-state index in [1.807, 2.05) is 20.8 Å². The fourth-order valence-corrected chi connectivity index (χ4v) is 3.44. The molecule has 0 radical (unpaired) electrons. The number of hydrogen-bond acceptors (Lipinski definition) is 6. The van der Waals surface area contributed by atoms with E-state index >= 15 is 0 Å². The van der Waals surface area contributed by atoms with Crippen LogP contribution in [0.3, 0.4) is 0 Å². The molecule has 1 aromatic heterocycles. The van der Waals surface area contributed by atoms with Gasteiger partial charge in [-0.1, -0.05) is 16.6 Å². The lowest BCUT2D eigenvalue weighted by atomic mass is 10.0. The van der Waals surface area contributed by atoms with Gasteiger partial charge in [0, 0.05) is 16.6 Å². The van der Waals surface area contributed by atoms with E-state index in [0.717, 1.165) is 11.5 Å². The molecule has 162 valence electrons. The topological polar surface area (TPSA) is 84.4 Å². The molecule has 1 N–H and O–H groups in total. The molecule has 0 spiro atoms. The summed E-state index contributed by atoms with van der Waals surface area (Å²) < 4.78 is 22.6.